The van der Waals surface area contributed by atoms with Crippen LogP contribution < -0.4 is 14.2 Å². The Labute approximate surface area is 451 Å². The summed E-state index contributed by atoms with van der Waals surface area (Å²) in [5.41, 5.74) is 6.40. The van der Waals surface area contributed by atoms with Crippen molar-refractivity contribution >= 4 is 33.7 Å². The van der Waals surface area contributed by atoms with Gasteiger partial charge in [-0.2, -0.15) is 8.42 Å². The molecule has 0 atom stereocenters. The van der Waals surface area contributed by atoms with Gasteiger partial charge in [0, 0.05) is 33.1 Å². The van der Waals surface area contributed by atoms with Gasteiger partial charge in [0.1, 0.15) is 45.2 Å². The third-order valence-electron chi connectivity index (χ3n) is 15.0. The predicted molar refractivity (Wildman–Crippen MR) is 292 cm³/mol. The minimum absolute atomic E-state index is 0.0414. The predicted octanol–water partition coefficient (Wildman–Crippen LogP) is 16.1. The topological polar surface area (TPSA) is 155 Å². The highest BCUT2D eigenvalue weighted by atomic mass is 32.2. The second-order valence-electron chi connectivity index (χ2n) is 19.7. The first-order valence-corrected chi connectivity index (χ1v) is 27.8. The standard InChI is InChI=1S/C63H55FO11S2/c1-42-8-16-47(17-9-42)62(36-4-2-5-37-62)49-22-32-55(33-23-49)73-57-35-15-46(41-59(57)77(68,69)70)61(66)45-14-34-56(58(40-45)76-75-74-67)72-54-30-20-50(21-31-54)63(38-6-3-7-39-63)48-18-28-53(29-19-48)71-52-26-12-44(13-27-52)60(65)43-10-24-51(64)25-11-43/h8-35,40-41,67H,2-7,36-39H2,1H3,(H,68,69,70). The zero-order valence-electron chi connectivity index (χ0n) is 42.2. The lowest BCUT2D eigenvalue weighted by Crippen LogP contribution is -2.30. The van der Waals surface area contributed by atoms with Gasteiger partial charge in [-0.05, 0) is 176 Å². The minimum Gasteiger partial charge on any atom is -0.457 e. The number of carbonyl (C=O) groups excluding carboxylic acids is 2. The molecule has 77 heavy (non-hydrogen) atoms. The number of benzene rings is 8. The highest BCUT2D eigenvalue weighted by Crippen LogP contribution is 2.48. The van der Waals surface area contributed by atoms with Crippen molar-refractivity contribution < 1.29 is 55.8 Å². The number of hydrogen-bond acceptors (Lipinski definition) is 11. The van der Waals surface area contributed by atoms with Crippen LogP contribution in [0.3, 0.4) is 0 Å². The quantitative estimate of drug-likeness (QED) is 0.0276. The fraction of sp³-hybridized carbons (Fsp3) is 0.206. The van der Waals surface area contributed by atoms with Crippen molar-refractivity contribution in [2.45, 2.75) is 91.8 Å². The van der Waals surface area contributed by atoms with E-state index < -0.39 is 26.6 Å². The molecule has 0 aliphatic heterocycles. The Bertz CT molecular complexity index is 3480. The highest BCUT2D eigenvalue weighted by molar-refractivity contribution is 7.94. The van der Waals surface area contributed by atoms with Crippen LogP contribution in [0.25, 0.3) is 0 Å². The largest absolute Gasteiger partial charge is 0.457 e. The van der Waals surface area contributed by atoms with Crippen LogP contribution >= 0.6 is 12.0 Å². The first kappa shape index (κ1) is 53.0. The van der Waals surface area contributed by atoms with E-state index in [-0.39, 0.29) is 44.1 Å². The number of hydrogen-bond donors (Lipinski definition) is 2. The summed E-state index contributed by atoms with van der Waals surface area (Å²) in [6.07, 6.45) is 10.6. The normalized spacial score (nSPS) is 15.1. The molecule has 10 rings (SSSR count). The zero-order valence-corrected chi connectivity index (χ0v) is 43.8. The maximum absolute atomic E-state index is 14.0. The minimum atomic E-state index is -4.87. The van der Waals surface area contributed by atoms with Gasteiger partial charge < -0.3 is 14.2 Å². The Morgan fingerprint density at radius 3 is 1.32 bits per heavy atom. The van der Waals surface area contributed by atoms with Crippen LogP contribution in [0.1, 0.15) is 124 Å². The summed E-state index contributed by atoms with van der Waals surface area (Å²) in [4.78, 5) is 26.6. The van der Waals surface area contributed by atoms with Crippen molar-refractivity contribution in [3.63, 3.8) is 0 Å². The van der Waals surface area contributed by atoms with E-state index in [2.05, 4.69) is 48.4 Å². The molecule has 0 aromatic heterocycles. The van der Waals surface area contributed by atoms with Crippen molar-refractivity contribution in [3.05, 3.63) is 238 Å². The van der Waals surface area contributed by atoms with Crippen LogP contribution in [0.4, 0.5) is 4.39 Å². The lowest BCUT2D eigenvalue weighted by molar-refractivity contribution is -0.432. The van der Waals surface area contributed by atoms with Gasteiger partial charge >= 0.3 is 0 Å². The van der Waals surface area contributed by atoms with Gasteiger partial charge in [0.2, 0.25) is 0 Å². The fourth-order valence-electron chi connectivity index (χ4n) is 11.0. The average Bonchev–Trinajstić information content (AvgIpc) is 3.46. The van der Waals surface area contributed by atoms with Gasteiger partial charge in [0.15, 0.2) is 11.6 Å². The Hall–Kier alpha value is -7.43. The molecule has 0 radical (unpaired) electrons. The van der Waals surface area contributed by atoms with E-state index in [1.165, 1.54) is 66.1 Å². The van der Waals surface area contributed by atoms with Gasteiger partial charge in [-0.3, -0.25) is 14.1 Å². The van der Waals surface area contributed by atoms with Gasteiger partial charge in [-0.25, -0.2) is 9.65 Å². The van der Waals surface area contributed by atoms with Crippen LogP contribution in [-0.2, 0) is 30.3 Å². The average molecular weight is 1070 g/mol. The number of ether oxygens (including phenoxy) is 3. The zero-order chi connectivity index (χ0) is 53.6. The van der Waals surface area contributed by atoms with Crippen molar-refractivity contribution in [2.24, 2.45) is 0 Å². The van der Waals surface area contributed by atoms with Crippen LogP contribution in [0.2, 0.25) is 0 Å². The van der Waals surface area contributed by atoms with E-state index in [9.17, 15) is 27.0 Å². The first-order chi connectivity index (χ1) is 37.3. The van der Waals surface area contributed by atoms with E-state index in [0.29, 0.717) is 46.2 Å². The second kappa shape index (κ2) is 23.0. The second-order valence-corrected chi connectivity index (χ2v) is 21.9. The molecule has 8 aromatic carbocycles. The van der Waals surface area contributed by atoms with Crippen molar-refractivity contribution in [2.75, 3.05) is 0 Å². The van der Waals surface area contributed by atoms with Crippen molar-refractivity contribution in [1.29, 1.82) is 0 Å². The van der Waals surface area contributed by atoms with Gasteiger partial charge in [-0.1, -0.05) is 110 Å². The monoisotopic (exact) mass is 1070 g/mol. The molecule has 2 aliphatic rings. The third kappa shape index (κ3) is 11.8. The van der Waals surface area contributed by atoms with Crippen molar-refractivity contribution in [3.8, 4) is 34.5 Å². The van der Waals surface area contributed by atoms with Crippen LogP contribution in [0.15, 0.2) is 192 Å². The van der Waals surface area contributed by atoms with E-state index >= 15 is 0 Å². The molecule has 2 fully saturated rings. The molecule has 8 aromatic rings. The first-order valence-electron chi connectivity index (χ1n) is 25.6. The molecule has 0 amide bonds. The highest BCUT2D eigenvalue weighted by Gasteiger charge is 2.37. The van der Waals surface area contributed by atoms with Crippen LogP contribution in [-0.4, -0.2) is 29.8 Å². The van der Waals surface area contributed by atoms with E-state index in [4.69, 9.17) is 23.8 Å². The molecule has 11 nitrogen and oxygen atoms in total. The number of aryl methyl sites for hydroxylation is 1. The van der Waals surface area contributed by atoms with Crippen molar-refractivity contribution in [1.82, 2.24) is 0 Å². The Balaban J connectivity index is 0.830. The van der Waals surface area contributed by atoms with Crippen LogP contribution in [0.5, 0.6) is 34.5 Å². The molecular weight excluding hydrogens is 1020 g/mol. The maximum atomic E-state index is 14.0. The number of rotatable bonds is 18. The molecule has 2 N–H and O–H groups in total. The smallest absolute Gasteiger partial charge is 0.298 e. The summed E-state index contributed by atoms with van der Waals surface area (Å²) in [5.74, 6) is 0.989. The van der Waals surface area contributed by atoms with Crippen LogP contribution in [0, 0.1) is 12.7 Å². The number of halogens is 1. The molecule has 0 bridgehead atoms. The number of carbonyl (C=O) groups is 2. The van der Waals surface area contributed by atoms with E-state index in [1.807, 2.05) is 48.5 Å². The number of ketones is 2. The summed E-state index contributed by atoms with van der Waals surface area (Å²) in [5, 5.41) is 13.0. The summed E-state index contributed by atoms with van der Waals surface area (Å²) >= 11 is 0.598. The molecule has 0 saturated heterocycles. The summed E-state index contributed by atoms with van der Waals surface area (Å²) in [7, 11) is -4.87. The fourth-order valence-corrected chi connectivity index (χ4v) is 12.1. The maximum Gasteiger partial charge on any atom is 0.298 e. The third-order valence-corrected chi connectivity index (χ3v) is 16.5. The molecular formula is C63H55FO11S2. The summed E-state index contributed by atoms with van der Waals surface area (Å²) < 4.78 is 72.8. The van der Waals surface area contributed by atoms with E-state index in [1.54, 1.807) is 42.5 Å². The SMILES string of the molecule is Cc1ccc(C2(c3ccc(Oc4ccc(C(=O)c5ccc(Oc6ccc(C7(c8ccc(Oc9ccc(C(=O)c%10ccc(F)cc%10)cc9)cc8)CCCCC7)cc6)c(SOOO)c5)cc4S(=O)(=O)O)cc3)CCCCC2)cc1. The Kier molecular flexibility index (Phi) is 15.9. The van der Waals surface area contributed by atoms with Gasteiger partial charge in [-0.15, -0.1) is 4.33 Å². The van der Waals surface area contributed by atoms with E-state index in [0.717, 1.165) is 80.5 Å². The lowest BCUT2D eigenvalue weighted by atomic mass is 9.65. The molecule has 2 aliphatic carbocycles. The molecule has 14 heteroatoms. The lowest BCUT2D eigenvalue weighted by Gasteiger charge is -2.38. The Morgan fingerprint density at radius 2 is 0.857 bits per heavy atom. The molecule has 2 saturated carbocycles. The summed E-state index contributed by atoms with van der Waals surface area (Å²) in [6, 6.07) is 52.9. The van der Waals surface area contributed by atoms with Gasteiger partial charge in [0.05, 0.1) is 16.9 Å². The molecule has 0 spiro atoms. The summed E-state index contributed by atoms with van der Waals surface area (Å²) in [6.45, 7) is 2.08. The Morgan fingerprint density at radius 1 is 0.481 bits per heavy atom. The van der Waals surface area contributed by atoms with Gasteiger partial charge in [0.25, 0.3) is 10.1 Å². The molecule has 392 valence electrons. The molecule has 0 heterocycles. The molecule has 0 unspecified atom stereocenters.